The van der Waals surface area contributed by atoms with E-state index in [1.165, 1.54) is 4.90 Å². The van der Waals surface area contributed by atoms with Crippen molar-refractivity contribution in [3.05, 3.63) is 96.1 Å². The number of rotatable bonds is 14. The molecule has 3 atom stereocenters. The van der Waals surface area contributed by atoms with Crippen LogP contribution in [0.25, 0.3) is 11.1 Å². The van der Waals surface area contributed by atoms with E-state index in [1.54, 1.807) is 0 Å². The van der Waals surface area contributed by atoms with Gasteiger partial charge in [-0.3, -0.25) is 4.79 Å². The van der Waals surface area contributed by atoms with E-state index >= 15 is 0 Å². The Morgan fingerprint density at radius 3 is 1.88 bits per heavy atom. The Balaban J connectivity index is 1.76. The zero-order valence-electron chi connectivity index (χ0n) is 23.5. The van der Waals surface area contributed by atoms with Crippen molar-refractivity contribution in [3.63, 3.8) is 0 Å². The monoisotopic (exact) mass is 544 g/mol. The average molecular weight is 545 g/mol. The van der Waals surface area contributed by atoms with E-state index in [2.05, 4.69) is 5.32 Å². The second-order valence-electron chi connectivity index (χ2n) is 10.6. The van der Waals surface area contributed by atoms with Crippen LogP contribution in [0.5, 0.6) is 0 Å². The van der Waals surface area contributed by atoms with Gasteiger partial charge in [-0.05, 0) is 47.4 Å². The molecule has 0 aliphatic rings. The first-order valence-corrected chi connectivity index (χ1v) is 13.9. The van der Waals surface area contributed by atoms with Crippen molar-refractivity contribution < 1.29 is 24.6 Å². The Labute approximate surface area is 236 Å². The van der Waals surface area contributed by atoms with Gasteiger partial charge in [-0.1, -0.05) is 106 Å². The van der Waals surface area contributed by atoms with Gasteiger partial charge in [0.25, 0.3) is 0 Å². The van der Waals surface area contributed by atoms with E-state index in [0.29, 0.717) is 25.8 Å². The molecule has 3 N–H and O–H groups in total. The lowest BCUT2D eigenvalue weighted by molar-refractivity contribution is -0.143. The Kier molecular flexibility index (Phi) is 11.3. The molecule has 0 heterocycles. The molecular formula is C33H40N2O5. The van der Waals surface area contributed by atoms with Gasteiger partial charge in [0.05, 0.1) is 5.92 Å². The molecule has 0 aliphatic carbocycles. The van der Waals surface area contributed by atoms with E-state index in [9.17, 15) is 24.6 Å². The molecule has 0 bridgehead atoms. The van der Waals surface area contributed by atoms with Crippen LogP contribution in [0.15, 0.2) is 84.9 Å². The van der Waals surface area contributed by atoms with E-state index in [0.717, 1.165) is 22.3 Å². The molecule has 7 nitrogen and oxygen atoms in total. The van der Waals surface area contributed by atoms with E-state index < -0.39 is 35.8 Å². The number of urea groups is 1. The highest BCUT2D eigenvalue weighted by molar-refractivity contribution is 5.84. The molecule has 0 aromatic heterocycles. The number of aryl methyl sites for hydroxylation is 1. The summed E-state index contributed by atoms with van der Waals surface area (Å²) in [6, 6.07) is 25.6. The molecule has 1 unspecified atom stereocenters. The van der Waals surface area contributed by atoms with Gasteiger partial charge in [0.1, 0.15) is 6.04 Å². The summed E-state index contributed by atoms with van der Waals surface area (Å²) < 4.78 is 0. The van der Waals surface area contributed by atoms with Crippen molar-refractivity contribution in [1.29, 1.82) is 0 Å². The Hall–Kier alpha value is -4.13. The smallest absolute Gasteiger partial charge is 0.326 e. The third-order valence-corrected chi connectivity index (χ3v) is 7.12. The number of carbonyl (C=O) groups excluding carboxylic acids is 1. The number of carboxylic acids is 2. The van der Waals surface area contributed by atoms with Crippen LogP contribution in [0.2, 0.25) is 0 Å². The summed E-state index contributed by atoms with van der Waals surface area (Å²) in [4.78, 5) is 39.4. The van der Waals surface area contributed by atoms with Crippen LogP contribution in [0.3, 0.4) is 0 Å². The molecule has 3 aromatic rings. The molecule has 0 radical (unpaired) electrons. The molecule has 0 saturated heterocycles. The first-order chi connectivity index (χ1) is 19.2. The highest BCUT2D eigenvalue weighted by Crippen LogP contribution is 2.27. The van der Waals surface area contributed by atoms with Gasteiger partial charge < -0.3 is 20.4 Å². The largest absolute Gasteiger partial charge is 0.481 e. The van der Waals surface area contributed by atoms with Crippen LogP contribution >= 0.6 is 0 Å². The summed E-state index contributed by atoms with van der Waals surface area (Å²) in [5, 5.41) is 22.8. The maximum atomic E-state index is 13.5. The van der Waals surface area contributed by atoms with Gasteiger partial charge in [-0.2, -0.15) is 0 Å². The fraction of sp³-hybridized carbons (Fsp3) is 0.364. The minimum Gasteiger partial charge on any atom is -0.481 e. The molecule has 0 saturated carbocycles. The summed E-state index contributed by atoms with van der Waals surface area (Å²) in [5.74, 6) is -3.26. The molecule has 40 heavy (non-hydrogen) atoms. The Morgan fingerprint density at radius 1 is 0.775 bits per heavy atom. The molecule has 212 valence electrons. The highest BCUT2D eigenvalue weighted by atomic mass is 16.4. The van der Waals surface area contributed by atoms with Crippen molar-refractivity contribution >= 4 is 18.0 Å². The molecule has 0 spiro atoms. The number of amides is 2. The lowest BCUT2D eigenvalue weighted by atomic mass is 9.88. The number of carbonyl (C=O) groups is 3. The topological polar surface area (TPSA) is 107 Å². The Morgan fingerprint density at radius 2 is 1.35 bits per heavy atom. The summed E-state index contributed by atoms with van der Waals surface area (Å²) in [6.45, 7) is 6.10. The number of hydrogen-bond donors (Lipinski definition) is 3. The van der Waals surface area contributed by atoms with Crippen LogP contribution in [0.1, 0.15) is 50.7 Å². The lowest BCUT2D eigenvalue weighted by Gasteiger charge is -2.31. The number of aliphatic carboxylic acids is 2. The minimum atomic E-state index is -1.16. The zero-order valence-corrected chi connectivity index (χ0v) is 23.5. The summed E-state index contributed by atoms with van der Waals surface area (Å²) in [6.07, 6.45) is 1.44. The maximum absolute atomic E-state index is 13.5. The third-order valence-electron chi connectivity index (χ3n) is 7.12. The molecule has 0 aliphatic heterocycles. The van der Waals surface area contributed by atoms with E-state index in [4.69, 9.17) is 0 Å². The predicted molar refractivity (Wildman–Crippen MR) is 157 cm³/mol. The number of nitrogens with zero attached hydrogens (tertiary/aromatic N) is 1. The van der Waals surface area contributed by atoms with Gasteiger partial charge in [0.2, 0.25) is 0 Å². The number of benzene rings is 3. The van der Waals surface area contributed by atoms with Gasteiger partial charge in [0.15, 0.2) is 0 Å². The summed E-state index contributed by atoms with van der Waals surface area (Å²) >= 11 is 0. The number of carboxylic acid groups (broad SMARTS) is 2. The highest BCUT2D eigenvalue weighted by Gasteiger charge is 2.33. The second kappa shape index (κ2) is 14.9. The normalized spacial score (nSPS) is 13.3. The molecule has 0 fully saturated rings. The molecule has 3 rings (SSSR count). The maximum Gasteiger partial charge on any atom is 0.326 e. The van der Waals surface area contributed by atoms with Crippen LogP contribution < -0.4 is 5.32 Å². The number of hydrogen-bond acceptors (Lipinski definition) is 3. The van der Waals surface area contributed by atoms with Crippen molar-refractivity contribution in [2.45, 2.75) is 52.0 Å². The summed E-state index contributed by atoms with van der Waals surface area (Å²) in [5.41, 5.74) is 3.93. The fourth-order valence-corrected chi connectivity index (χ4v) is 5.00. The number of nitrogens with one attached hydrogen (secondary N) is 1. The van der Waals surface area contributed by atoms with Gasteiger partial charge in [-0.15, -0.1) is 0 Å². The minimum absolute atomic E-state index is 0.00107. The first kappa shape index (κ1) is 30.4. The van der Waals surface area contributed by atoms with Crippen molar-refractivity contribution in [2.75, 3.05) is 13.1 Å². The van der Waals surface area contributed by atoms with Crippen molar-refractivity contribution in [1.82, 2.24) is 10.2 Å². The quantitative estimate of drug-likeness (QED) is 0.221. The average Bonchev–Trinajstić information content (AvgIpc) is 2.95. The van der Waals surface area contributed by atoms with Crippen molar-refractivity contribution in [3.8, 4) is 11.1 Å². The van der Waals surface area contributed by atoms with Crippen LogP contribution in [0.4, 0.5) is 4.79 Å². The predicted octanol–water partition coefficient (Wildman–Crippen LogP) is 6.30. The zero-order chi connectivity index (χ0) is 29.1. The molecule has 2 amide bonds. The SMILES string of the molecule is CCC(c1ccc(-c2ccccc2)cc1)[C@H](NC(=O)N(CC(C)C)C[C@H](CCc1ccccc1)C(=O)O)C(=O)O. The molecular weight excluding hydrogens is 504 g/mol. The van der Waals surface area contributed by atoms with Gasteiger partial charge in [0, 0.05) is 19.0 Å². The van der Waals surface area contributed by atoms with Gasteiger partial charge in [-0.25, -0.2) is 9.59 Å². The van der Waals surface area contributed by atoms with Crippen LogP contribution in [-0.2, 0) is 16.0 Å². The Bertz CT molecular complexity index is 1230. The van der Waals surface area contributed by atoms with Crippen molar-refractivity contribution in [2.24, 2.45) is 11.8 Å². The lowest BCUT2D eigenvalue weighted by Crippen LogP contribution is -2.52. The molecule has 3 aromatic carbocycles. The second-order valence-corrected chi connectivity index (χ2v) is 10.6. The third kappa shape index (κ3) is 8.70. The first-order valence-electron chi connectivity index (χ1n) is 13.9. The van der Waals surface area contributed by atoms with Crippen LogP contribution in [-0.4, -0.2) is 52.2 Å². The molecule has 7 heteroatoms. The van der Waals surface area contributed by atoms with Crippen LogP contribution in [0, 0.1) is 11.8 Å². The standard InChI is InChI=1S/C33H40N2O5/c1-4-29(27-19-17-26(18-20-27)25-13-9-6-10-14-25)30(32(38)39)34-33(40)35(21-23(2)3)22-28(31(36)37)16-15-24-11-7-5-8-12-24/h5-14,17-20,23,28-30H,4,15-16,21-22H2,1-3H3,(H,34,40)(H,36,37)(H,38,39)/t28-,29?,30-/m0/s1. The van der Waals surface area contributed by atoms with E-state index in [-0.39, 0.29) is 12.5 Å². The fourth-order valence-electron chi connectivity index (χ4n) is 5.00. The summed E-state index contributed by atoms with van der Waals surface area (Å²) in [7, 11) is 0. The van der Waals surface area contributed by atoms with Gasteiger partial charge >= 0.3 is 18.0 Å². The van der Waals surface area contributed by atoms with E-state index in [1.807, 2.05) is 106 Å².